The van der Waals surface area contributed by atoms with Crippen molar-refractivity contribution in [3.05, 3.63) is 63.6 Å². The van der Waals surface area contributed by atoms with E-state index >= 15 is 0 Å². The summed E-state index contributed by atoms with van der Waals surface area (Å²) in [6, 6.07) is 12.7. The molecule has 5 rings (SSSR count). The molecule has 40 heavy (non-hydrogen) atoms. The van der Waals surface area contributed by atoms with E-state index in [-0.39, 0.29) is 24.3 Å². The van der Waals surface area contributed by atoms with Gasteiger partial charge in [0.25, 0.3) is 0 Å². The molecular formula is C31H36Cl2N2O5. The summed E-state index contributed by atoms with van der Waals surface area (Å²) in [5.74, 6) is 0.374. The molecule has 3 fully saturated rings. The van der Waals surface area contributed by atoms with Crippen LogP contribution in [-0.2, 0) is 31.0 Å². The smallest absolute Gasteiger partial charge is 0.308 e. The van der Waals surface area contributed by atoms with Crippen LogP contribution in [0.3, 0.4) is 0 Å². The Labute approximate surface area is 245 Å². The highest BCUT2D eigenvalue weighted by Gasteiger charge is 2.61. The lowest BCUT2D eigenvalue weighted by Gasteiger charge is -2.59. The number of rotatable bonds is 8. The number of fused-ring (bicyclic) bond motifs is 1. The van der Waals surface area contributed by atoms with Gasteiger partial charge in [0.1, 0.15) is 11.4 Å². The van der Waals surface area contributed by atoms with Crippen LogP contribution >= 0.6 is 23.2 Å². The summed E-state index contributed by atoms with van der Waals surface area (Å²) in [4.78, 5) is 39.9. The molecule has 1 amide bonds. The second-order valence-electron chi connectivity index (χ2n) is 11.7. The predicted molar refractivity (Wildman–Crippen MR) is 154 cm³/mol. The molecule has 214 valence electrons. The van der Waals surface area contributed by atoms with Crippen molar-refractivity contribution in [3.8, 4) is 5.75 Å². The van der Waals surface area contributed by atoms with Gasteiger partial charge in [-0.1, -0.05) is 41.4 Å². The van der Waals surface area contributed by atoms with Gasteiger partial charge < -0.3 is 14.8 Å². The molecular weight excluding hydrogens is 551 g/mol. The largest absolute Gasteiger partial charge is 0.457 e. The zero-order chi connectivity index (χ0) is 28.5. The molecule has 9 heteroatoms. The van der Waals surface area contributed by atoms with Gasteiger partial charge in [0.2, 0.25) is 5.91 Å². The first kappa shape index (κ1) is 28.9. The van der Waals surface area contributed by atoms with Crippen molar-refractivity contribution in [1.82, 2.24) is 10.2 Å². The average Bonchev–Trinajstić information content (AvgIpc) is 3.70. The summed E-state index contributed by atoms with van der Waals surface area (Å²) >= 11 is 12.2. The third-order valence-corrected chi connectivity index (χ3v) is 9.35. The zero-order valence-corrected chi connectivity index (χ0v) is 24.5. The lowest BCUT2D eigenvalue weighted by molar-refractivity contribution is -0.187. The number of hydrogen-bond acceptors (Lipinski definition) is 6. The molecule has 0 radical (unpaired) electrons. The molecule has 3 aliphatic rings. The summed E-state index contributed by atoms with van der Waals surface area (Å²) in [5, 5.41) is 4.11. The maximum Gasteiger partial charge on any atom is 0.308 e. The minimum Gasteiger partial charge on any atom is -0.457 e. The fourth-order valence-electron chi connectivity index (χ4n) is 6.77. The van der Waals surface area contributed by atoms with Crippen LogP contribution in [0.4, 0.5) is 0 Å². The van der Waals surface area contributed by atoms with E-state index < -0.39 is 17.0 Å². The van der Waals surface area contributed by atoms with Crippen LogP contribution in [0, 0.1) is 5.92 Å². The van der Waals surface area contributed by atoms with Gasteiger partial charge in [0, 0.05) is 38.4 Å². The first-order valence-corrected chi connectivity index (χ1v) is 14.8. The van der Waals surface area contributed by atoms with E-state index in [9.17, 15) is 14.4 Å². The lowest BCUT2D eigenvalue weighted by atomic mass is 9.55. The maximum absolute atomic E-state index is 13.2. The van der Waals surface area contributed by atoms with Crippen molar-refractivity contribution in [3.63, 3.8) is 0 Å². The van der Waals surface area contributed by atoms with Gasteiger partial charge >= 0.3 is 11.9 Å². The van der Waals surface area contributed by atoms with Crippen LogP contribution in [0.2, 0.25) is 10.0 Å². The number of ether oxygens (including phenoxy) is 2. The molecule has 2 aromatic carbocycles. The van der Waals surface area contributed by atoms with Gasteiger partial charge in [-0.15, -0.1) is 0 Å². The highest BCUT2D eigenvalue weighted by Crippen LogP contribution is 2.54. The predicted octanol–water partition coefficient (Wildman–Crippen LogP) is 5.49. The maximum atomic E-state index is 13.2. The van der Waals surface area contributed by atoms with E-state index in [1.807, 2.05) is 18.2 Å². The highest BCUT2D eigenvalue weighted by molar-refractivity contribution is 6.42. The number of amides is 1. The lowest BCUT2D eigenvalue weighted by Crippen LogP contribution is -2.68. The number of piperidine rings is 1. The first-order valence-electron chi connectivity index (χ1n) is 14.0. The second kappa shape index (κ2) is 11.7. The minimum absolute atomic E-state index is 0.0987. The first-order chi connectivity index (χ1) is 19.1. The number of nitrogens with one attached hydrogen (secondary N) is 1. The van der Waals surface area contributed by atoms with Gasteiger partial charge in [-0.05, 0) is 86.4 Å². The van der Waals surface area contributed by atoms with Crippen molar-refractivity contribution in [2.24, 2.45) is 5.92 Å². The number of esters is 2. The minimum atomic E-state index is -0.758. The van der Waals surface area contributed by atoms with Crippen molar-refractivity contribution >= 4 is 41.0 Å². The highest BCUT2D eigenvalue weighted by atomic mass is 35.5. The van der Waals surface area contributed by atoms with E-state index in [1.165, 1.54) is 26.7 Å². The molecule has 1 aliphatic heterocycles. The third kappa shape index (κ3) is 6.32. The number of carbonyl (C=O) groups is 3. The Morgan fingerprint density at radius 3 is 2.50 bits per heavy atom. The quantitative estimate of drug-likeness (QED) is 0.325. The summed E-state index contributed by atoms with van der Waals surface area (Å²) in [7, 11) is 0. The molecule has 7 nitrogen and oxygen atoms in total. The van der Waals surface area contributed by atoms with E-state index in [0.29, 0.717) is 47.5 Å². The zero-order valence-electron chi connectivity index (χ0n) is 23.0. The van der Waals surface area contributed by atoms with Gasteiger partial charge in [0.05, 0.1) is 16.5 Å². The molecule has 0 aromatic heterocycles. The Balaban J connectivity index is 1.45. The topological polar surface area (TPSA) is 84.9 Å². The Morgan fingerprint density at radius 2 is 1.80 bits per heavy atom. The van der Waals surface area contributed by atoms with Crippen molar-refractivity contribution in [2.75, 3.05) is 19.6 Å². The van der Waals surface area contributed by atoms with E-state index in [0.717, 1.165) is 30.6 Å². The van der Waals surface area contributed by atoms with E-state index in [1.54, 1.807) is 24.3 Å². The Morgan fingerprint density at radius 1 is 1.00 bits per heavy atom. The Bertz CT molecular complexity index is 1300. The molecule has 1 heterocycles. The second-order valence-corrected chi connectivity index (χ2v) is 12.5. The summed E-state index contributed by atoms with van der Waals surface area (Å²) in [6.45, 7) is 5.37. The van der Waals surface area contributed by atoms with E-state index in [4.69, 9.17) is 32.7 Å². The molecule has 0 spiro atoms. The summed E-state index contributed by atoms with van der Waals surface area (Å²) in [6.07, 6.45) is 5.35. The van der Waals surface area contributed by atoms with Crippen LogP contribution in [0.25, 0.3) is 0 Å². The number of hydrogen-bond donors (Lipinski definition) is 1. The number of benzene rings is 2. The van der Waals surface area contributed by atoms with Gasteiger partial charge in [-0.3, -0.25) is 19.3 Å². The number of likely N-dealkylation sites (tertiary alicyclic amines) is 1. The molecule has 2 saturated carbocycles. The van der Waals surface area contributed by atoms with Crippen LogP contribution in [0.5, 0.6) is 5.75 Å². The van der Waals surface area contributed by atoms with Crippen molar-refractivity contribution in [2.45, 2.75) is 75.9 Å². The standard InChI is InChI=1S/C31H36Cl2N2O5/c1-20(36)39-26-5-3-4-24(16-26)30-12-13-35(18-22-6-7-22)19-31(30,40-21(2)37)11-10-25(17-30)34-29(38)15-23-8-9-27(32)28(33)14-23/h3-5,8-9,14,16,22,25H,6-7,10-13,15,17-19H2,1-2H3,(H,34,38). The Kier molecular flexibility index (Phi) is 8.46. The van der Waals surface area contributed by atoms with Gasteiger partial charge in [0.15, 0.2) is 0 Å². The average molecular weight is 588 g/mol. The fourth-order valence-corrected chi connectivity index (χ4v) is 7.09. The molecule has 3 unspecified atom stereocenters. The molecule has 2 aliphatic carbocycles. The number of halogens is 2. The fraction of sp³-hybridized carbons (Fsp3) is 0.516. The van der Waals surface area contributed by atoms with Crippen LogP contribution in [0.1, 0.15) is 63.5 Å². The van der Waals surface area contributed by atoms with Crippen LogP contribution in [0.15, 0.2) is 42.5 Å². The summed E-state index contributed by atoms with van der Waals surface area (Å²) < 4.78 is 11.8. The van der Waals surface area contributed by atoms with Crippen molar-refractivity contribution in [1.29, 1.82) is 0 Å². The van der Waals surface area contributed by atoms with Crippen molar-refractivity contribution < 1.29 is 23.9 Å². The molecule has 0 bridgehead atoms. The molecule has 3 atom stereocenters. The van der Waals surface area contributed by atoms with Gasteiger partial charge in [-0.2, -0.15) is 0 Å². The van der Waals surface area contributed by atoms with Crippen LogP contribution < -0.4 is 10.1 Å². The molecule has 1 saturated heterocycles. The normalized spacial score (nSPS) is 26.4. The number of carbonyl (C=O) groups excluding carboxylic acids is 3. The van der Waals surface area contributed by atoms with Crippen LogP contribution in [-0.4, -0.2) is 54.0 Å². The van der Waals surface area contributed by atoms with E-state index in [2.05, 4.69) is 10.2 Å². The molecule has 1 N–H and O–H groups in total. The number of nitrogens with zero attached hydrogens (tertiary/aromatic N) is 1. The summed E-state index contributed by atoms with van der Waals surface area (Å²) in [5.41, 5.74) is 0.427. The SMILES string of the molecule is CC(=O)Oc1cccc(C23CCN(CC4CC4)CC2(OC(C)=O)CCC(NC(=O)Cc2ccc(Cl)c(Cl)c2)C3)c1. The monoisotopic (exact) mass is 586 g/mol. The third-order valence-electron chi connectivity index (χ3n) is 8.61. The molecule has 2 aromatic rings. The Hall–Kier alpha value is -2.61. The van der Waals surface area contributed by atoms with Gasteiger partial charge in [-0.25, -0.2) is 0 Å².